The van der Waals surface area contributed by atoms with E-state index in [1.165, 1.54) is 34.1 Å². The number of rotatable bonds is 5. The number of benzene rings is 2. The van der Waals surface area contributed by atoms with Crippen LogP contribution in [0.3, 0.4) is 0 Å². The molecule has 0 amide bonds. The van der Waals surface area contributed by atoms with Crippen LogP contribution < -0.4 is 0 Å². The van der Waals surface area contributed by atoms with E-state index in [9.17, 15) is 12.8 Å². The molecule has 1 aliphatic heterocycles. The highest BCUT2D eigenvalue weighted by Crippen LogP contribution is 2.23. The van der Waals surface area contributed by atoms with Gasteiger partial charge in [-0.15, -0.1) is 0 Å². The maximum atomic E-state index is 13.2. The molecule has 4 aromatic rings. The Kier molecular flexibility index (Phi) is 5.69. The van der Waals surface area contributed by atoms with Gasteiger partial charge in [-0.3, -0.25) is 9.47 Å². The van der Waals surface area contributed by atoms with E-state index < -0.39 is 15.8 Å². The first-order valence-corrected chi connectivity index (χ1v) is 12.2. The molecule has 1 fully saturated rings. The van der Waals surface area contributed by atoms with Crippen LogP contribution in [0.2, 0.25) is 0 Å². The summed E-state index contributed by atoms with van der Waals surface area (Å²) in [5.74, 6) is 0.409. The van der Waals surface area contributed by atoms with Crippen LogP contribution in [-0.4, -0.2) is 58.3 Å². The lowest BCUT2D eigenvalue weighted by atomic mass is 10.2. The third-order valence-corrected chi connectivity index (χ3v) is 7.84. The molecule has 1 aliphatic rings. The second-order valence-electron chi connectivity index (χ2n) is 8.18. The molecule has 170 valence electrons. The number of imidazole rings is 1. The number of pyridine rings is 1. The molecular formula is C24H24FN5O2S. The van der Waals surface area contributed by atoms with Gasteiger partial charge in [0.1, 0.15) is 17.2 Å². The number of piperazine rings is 1. The number of sulfonamides is 1. The van der Waals surface area contributed by atoms with E-state index in [1.807, 2.05) is 12.1 Å². The molecule has 0 N–H and O–H groups in total. The van der Waals surface area contributed by atoms with Gasteiger partial charge in [-0.1, -0.05) is 17.7 Å². The van der Waals surface area contributed by atoms with Crippen molar-refractivity contribution in [2.45, 2.75) is 18.4 Å². The molecule has 0 spiro atoms. The van der Waals surface area contributed by atoms with Crippen molar-refractivity contribution in [3.05, 3.63) is 84.1 Å². The van der Waals surface area contributed by atoms with Gasteiger partial charge >= 0.3 is 0 Å². The molecule has 3 heterocycles. The van der Waals surface area contributed by atoms with Crippen LogP contribution in [-0.2, 0) is 16.6 Å². The van der Waals surface area contributed by atoms with Crippen LogP contribution in [0.1, 0.15) is 11.4 Å². The summed E-state index contributed by atoms with van der Waals surface area (Å²) in [6, 6.07) is 17.0. The molecule has 2 aromatic heterocycles. The van der Waals surface area contributed by atoms with Crippen molar-refractivity contribution in [2.75, 3.05) is 26.2 Å². The summed E-state index contributed by atoms with van der Waals surface area (Å²) in [6.07, 6.45) is 1.76. The zero-order chi connectivity index (χ0) is 23.0. The third kappa shape index (κ3) is 4.27. The lowest BCUT2D eigenvalue weighted by molar-refractivity contribution is 0.177. The van der Waals surface area contributed by atoms with Crippen molar-refractivity contribution < 1.29 is 12.8 Å². The zero-order valence-electron chi connectivity index (χ0n) is 18.2. The first-order chi connectivity index (χ1) is 15.9. The standard InChI is InChI=1S/C24H24FN5O2S/c1-18-4-8-20(9-5-18)30-23(27-22-3-2-12-26-24(22)30)17-28-13-15-29(16-14-28)33(31,32)21-10-6-19(25)7-11-21/h2-12H,13-17H2,1H3. The SMILES string of the molecule is Cc1ccc(-n2c(CN3CCN(S(=O)(=O)c4ccc(F)cc4)CC3)nc3cccnc32)cc1. The summed E-state index contributed by atoms with van der Waals surface area (Å²) in [7, 11) is -3.64. The summed E-state index contributed by atoms with van der Waals surface area (Å²) in [6.45, 7) is 4.50. The molecule has 0 radical (unpaired) electrons. The number of nitrogens with zero attached hydrogens (tertiary/aromatic N) is 5. The van der Waals surface area contributed by atoms with E-state index in [4.69, 9.17) is 4.98 Å². The van der Waals surface area contributed by atoms with Crippen LogP contribution in [0, 0.1) is 12.7 Å². The lowest BCUT2D eigenvalue weighted by Gasteiger charge is -2.33. The smallest absolute Gasteiger partial charge is 0.243 e. The molecule has 7 nitrogen and oxygen atoms in total. The number of aromatic nitrogens is 3. The minimum absolute atomic E-state index is 0.115. The summed E-state index contributed by atoms with van der Waals surface area (Å²) in [5, 5.41) is 0. The topological polar surface area (TPSA) is 71.3 Å². The Balaban J connectivity index is 1.36. The Hall–Kier alpha value is -3.14. The highest BCUT2D eigenvalue weighted by molar-refractivity contribution is 7.89. The number of hydrogen-bond acceptors (Lipinski definition) is 5. The van der Waals surface area contributed by atoms with Gasteiger partial charge in [0.2, 0.25) is 10.0 Å². The average molecular weight is 466 g/mol. The van der Waals surface area contributed by atoms with Crippen molar-refractivity contribution in [2.24, 2.45) is 0 Å². The van der Waals surface area contributed by atoms with E-state index in [1.54, 1.807) is 6.20 Å². The summed E-state index contributed by atoms with van der Waals surface area (Å²) >= 11 is 0. The first kappa shape index (κ1) is 21.7. The van der Waals surface area contributed by atoms with Gasteiger partial charge in [0.25, 0.3) is 0 Å². The minimum atomic E-state index is -3.64. The fraction of sp³-hybridized carbons (Fsp3) is 0.250. The van der Waals surface area contributed by atoms with Crippen LogP contribution >= 0.6 is 0 Å². The maximum absolute atomic E-state index is 13.2. The Labute approximate surface area is 192 Å². The molecule has 0 saturated carbocycles. The molecule has 0 atom stereocenters. The van der Waals surface area contributed by atoms with Gasteiger partial charge in [0, 0.05) is 38.1 Å². The summed E-state index contributed by atoms with van der Waals surface area (Å²) < 4.78 is 42.5. The van der Waals surface area contributed by atoms with Crippen LogP contribution in [0.4, 0.5) is 4.39 Å². The van der Waals surface area contributed by atoms with Crippen molar-refractivity contribution in [3.63, 3.8) is 0 Å². The molecule has 0 unspecified atom stereocenters. The molecular weight excluding hydrogens is 441 g/mol. The molecule has 2 aromatic carbocycles. The van der Waals surface area contributed by atoms with Crippen molar-refractivity contribution in [1.29, 1.82) is 0 Å². The van der Waals surface area contributed by atoms with E-state index in [-0.39, 0.29) is 4.90 Å². The van der Waals surface area contributed by atoms with Gasteiger partial charge in [-0.05, 0) is 55.5 Å². The Morgan fingerprint density at radius 1 is 0.939 bits per heavy atom. The molecule has 1 saturated heterocycles. The van der Waals surface area contributed by atoms with Crippen LogP contribution in [0.15, 0.2) is 71.8 Å². The number of fused-ring (bicyclic) bond motifs is 1. The summed E-state index contributed by atoms with van der Waals surface area (Å²) in [4.78, 5) is 11.7. The lowest BCUT2D eigenvalue weighted by Crippen LogP contribution is -2.48. The Bertz CT molecular complexity index is 1380. The fourth-order valence-electron chi connectivity index (χ4n) is 4.11. The third-order valence-electron chi connectivity index (χ3n) is 5.93. The molecule has 0 aliphatic carbocycles. The van der Waals surface area contributed by atoms with Crippen LogP contribution in [0.5, 0.6) is 0 Å². The maximum Gasteiger partial charge on any atom is 0.243 e. The van der Waals surface area contributed by atoms with E-state index in [2.05, 4.69) is 45.6 Å². The van der Waals surface area contributed by atoms with Gasteiger partial charge in [0.15, 0.2) is 5.65 Å². The highest BCUT2D eigenvalue weighted by Gasteiger charge is 2.29. The molecule has 9 heteroatoms. The predicted molar refractivity (Wildman–Crippen MR) is 124 cm³/mol. The van der Waals surface area contributed by atoms with E-state index in [0.717, 1.165) is 22.7 Å². The number of hydrogen-bond donors (Lipinski definition) is 0. The Morgan fingerprint density at radius 2 is 1.64 bits per heavy atom. The second kappa shape index (κ2) is 8.66. The van der Waals surface area contributed by atoms with E-state index in [0.29, 0.717) is 32.7 Å². The molecule has 0 bridgehead atoms. The largest absolute Gasteiger partial charge is 0.293 e. The average Bonchev–Trinajstić information content (AvgIpc) is 3.18. The van der Waals surface area contributed by atoms with Gasteiger partial charge in [-0.25, -0.2) is 22.8 Å². The fourth-order valence-corrected chi connectivity index (χ4v) is 5.54. The normalized spacial score (nSPS) is 15.8. The van der Waals surface area contributed by atoms with Crippen molar-refractivity contribution >= 4 is 21.2 Å². The predicted octanol–water partition coefficient (Wildman–Crippen LogP) is 3.37. The van der Waals surface area contributed by atoms with Gasteiger partial charge < -0.3 is 0 Å². The minimum Gasteiger partial charge on any atom is -0.293 e. The highest BCUT2D eigenvalue weighted by atomic mass is 32.2. The quantitative estimate of drug-likeness (QED) is 0.452. The molecule has 5 rings (SSSR count). The van der Waals surface area contributed by atoms with Gasteiger partial charge in [0.05, 0.1) is 11.4 Å². The second-order valence-corrected chi connectivity index (χ2v) is 10.1. The van der Waals surface area contributed by atoms with Gasteiger partial charge in [-0.2, -0.15) is 4.31 Å². The van der Waals surface area contributed by atoms with Crippen molar-refractivity contribution in [3.8, 4) is 5.69 Å². The monoisotopic (exact) mass is 465 g/mol. The first-order valence-electron chi connectivity index (χ1n) is 10.8. The molecule has 33 heavy (non-hydrogen) atoms. The van der Waals surface area contributed by atoms with E-state index >= 15 is 0 Å². The van der Waals surface area contributed by atoms with Crippen LogP contribution in [0.25, 0.3) is 16.9 Å². The number of aryl methyl sites for hydroxylation is 1. The summed E-state index contributed by atoms with van der Waals surface area (Å²) in [5.41, 5.74) is 3.80. The van der Waals surface area contributed by atoms with Crippen molar-refractivity contribution in [1.82, 2.24) is 23.7 Å². The Morgan fingerprint density at radius 3 is 2.33 bits per heavy atom. The number of halogens is 1. The zero-order valence-corrected chi connectivity index (χ0v) is 19.0.